The zero-order chi connectivity index (χ0) is 14.3. The Kier molecular flexibility index (Phi) is 6.80. The van der Waals surface area contributed by atoms with Gasteiger partial charge >= 0.3 is 5.97 Å². The minimum Gasteiger partial charge on any atom is -0.469 e. The van der Waals surface area contributed by atoms with Crippen LogP contribution in [0.5, 0.6) is 0 Å². The van der Waals surface area contributed by atoms with Gasteiger partial charge < -0.3 is 15.0 Å². The summed E-state index contributed by atoms with van der Waals surface area (Å²) in [5.74, 6) is 0.722. The van der Waals surface area contributed by atoms with Crippen LogP contribution in [0.3, 0.4) is 0 Å². The fourth-order valence-corrected chi connectivity index (χ4v) is 2.58. The second kappa shape index (κ2) is 7.85. The lowest BCUT2D eigenvalue weighted by Gasteiger charge is -2.33. The van der Waals surface area contributed by atoms with Crippen LogP contribution in [-0.2, 0) is 9.53 Å². The first kappa shape index (κ1) is 16.4. The van der Waals surface area contributed by atoms with Crippen molar-refractivity contribution in [2.45, 2.75) is 40.0 Å². The first-order valence-electron chi connectivity index (χ1n) is 7.51. The lowest BCUT2D eigenvalue weighted by molar-refractivity contribution is -0.151. The van der Waals surface area contributed by atoms with Crippen molar-refractivity contribution in [1.82, 2.24) is 10.2 Å². The molecule has 1 fully saturated rings. The van der Waals surface area contributed by atoms with E-state index < -0.39 is 0 Å². The zero-order valence-electron chi connectivity index (χ0n) is 13.0. The topological polar surface area (TPSA) is 41.6 Å². The van der Waals surface area contributed by atoms with Crippen molar-refractivity contribution in [3.63, 3.8) is 0 Å². The summed E-state index contributed by atoms with van der Waals surface area (Å²) < 4.78 is 4.85. The minimum atomic E-state index is -0.366. The Hall–Kier alpha value is -0.610. The van der Waals surface area contributed by atoms with Crippen LogP contribution in [0.1, 0.15) is 40.0 Å². The minimum absolute atomic E-state index is 0.102. The summed E-state index contributed by atoms with van der Waals surface area (Å²) in [5.41, 5.74) is -0.366. The molecule has 1 saturated heterocycles. The molecule has 19 heavy (non-hydrogen) atoms. The highest BCUT2D eigenvalue weighted by Gasteiger charge is 2.29. The van der Waals surface area contributed by atoms with Crippen molar-refractivity contribution in [1.29, 1.82) is 0 Å². The third-order valence-electron chi connectivity index (χ3n) is 4.18. The summed E-state index contributed by atoms with van der Waals surface area (Å²) in [6.45, 7) is 11.6. The van der Waals surface area contributed by atoms with Crippen LogP contribution in [0.25, 0.3) is 0 Å². The number of hydrogen-bond acceptors (Lipinski definition) is 4. The molecule has 1 heterocycles. The molecule has 0 radical (unpaired) electrons. The molecule has 1 rings (SSSR count). The average Bonchev–Trinajstić information content (AvgIpc) is 2.43. The Morgan fingerprint density at radius 2 is 2.00 bits per heavy atom. The normalized spacial score (nSPS) is 18.5. The summed E-state index contributed by atoms with van der Waals surface area (Å²) >= 11 is 0. The quantitative estimate of drug-likeness (QED) is 0.717. The molecule has 0 unspecified atom stereocenters. The second-order valence-electron chi connectivity index (χ2n) is 6.22. The molecule has 0 aromatic rings. The maximum Gasteiger partial charge on any atom is 0.311 e. The summed E-state index contributed by atoms with van der Waals surface area (Å²) in [6, 6.07) is 0. The number of piperidine rings is 1. The fourth-order valence-electron chi connectivity index (χ4n) is 2.58. The van der Waals surface area contributed by atoms with Gasteiger partial charge in [0, 0.05) is 0 Å². The van der Waals surface area contributed by atoms with Gasteiger partial charge in [-0.25, -0.2) is 0 Å². The molecule has 1 N–H and O–H groups in total. The number of nitrogens with one attached hydrogen (secondary N) is 1. The lowest BCUT2D eigenvalue weighted by Crippen LogP contribution is -2.39. The van der Waals surface area contributed by atoms with Gasteiger partial charge in [-0.2, -0.15) is 0 Å². The molecule has 0 spiro atoms. The molecule has 0 aromatic heterocycles. The van der Waals surface area contributed by atoms with E-state index in [1.54, 1.807) is 0 Å². The smallest absolute Gasteiger partial charge is 0.311 e. The maximum absolute atomic E-state index is 11.6. The number of rotatable bonds is 7. The molecule has 0 aromatic carbocycles. The molecule has 4 nitrogen and oxygen atoms in total. The molecule has 0 aliphatic carbocycles. The van der Waals surface area contributed by atoms with Gasteiger partial charge in [-0.15, -0.1) is 0 Å². The molecule has 112 valence electrons. The van der Waals surface area contributed by atoms with E-state index in [1.165, 1.54) is 20.0 Å². The predicted octanol–water partition coefficient (Wildman–Crippen LogP) is 1.90. The van der Waals surface area contributed by atoms with Gasteiger partial charge in [0.05, 0.1) is 12.5 Å². The van der Waals surface area contributed by atoms with Gasteiger partial charge in [0.2, 0.25) is 0 Å². The molecule has 0 saturated carbocycles. The number of ether oxygens (including phenoxy) is 1. The molecule has 4 heteroatoms. The SMILES string of the molecule is CCNCC1CCN(CCC(C)(C)C(=O)OC)CC1. The summed E-state index contributed by atoms with van der Waals surface area (Å²) in [6.07, 6.45) is 3.41. The van der Waals surface area contributed by atoms with Crippen LogP contribution in [0, 0.1) is 11.3 Å². The molecule has 0 atom stereocenters. The Morgan fingerprint density at radius 1 is 1.37 bits per heavy atom. The van der Waals surface area contributed by atoms with Crippen LogP contribution in [-0.4, -0.2) is 50.7 Å². The molecule has 1 aliphatic rings. The maximum atomic E-state index is 11.6. The third kappa shape index (κ3) is 5.49. The number of methoxy groups -OCH3 is 1. The summed E-state index contributed by atoms with van der Waals surface area (Å²) in [5, 5.41) is 3.43. The average molecular weight is 270 g/mol. The Labute approximate surface area is 117 Å². The molecule has 1 aliphatic heterocycles. The first-order chi connectivity index (χ1) is 8.99. The molecule has 0 bridgehead atoms. The van der Waals surface area contributed by atoms with Crippen LogP contribution in [0.4, 0.5) is 0 Å². The zero-order valence-corrected chi connectivity index (χ0v) is 13.0. The van der Waals surface area contributed by atoms with E-state index in [4.69, 9.17) is 4.74 Å². The number of carbonyl (C=O) groups is 1. The van der Waals surface area contributed by atoms with E-state index in [0.717, 1.165) is 45.1 Å². The van der Waals surface area contributed by atoms with Gasteiger partial charge in [0.15, 0.2) is 0 Å². The second-order valence-corrected chi connectivity index (χ2v) is 6.22. The van der Waals surface area contributed by atoms with Crippen molar-refractivity contribution < 1.29 is 9.53 Å². The van der Waals surface area contributed by atoms with Crippen molar-refractivity contribution in [3.8, 4) is 0 Å². The standard InChI is InChI=1S/C15H30N2O2/c1-5-16-12-13-6-9-17(10-7-13)11-8-15(2,3)14(18)19-4/h13,16H,5-12H2,1-4H3. The van der Waals surface area contributed by atoms with Crippen molar-refractivity contribution in [2.75, 3.05) is 39.8 Å². The molecular formula is C15H30N2O2. The number of nitrogens with zero attached hydrogens (tertiary/aromatic N) is 1. The number of carbonyl (C=O) groups excluding carboxylic acids is 1. The lowest BCUT2D eigenvalue weighted by atomic mass is 9.88. The number of hydrogen-bond donors (Lipinski definition) is 1. The van der Waals surface area contributed by atoms with Crippen LogP contribution in [0.2, 0.25) is 0 Å². The summed E-state index contributed by atoms with van der Waals surface area (Å²) in [4.78, 5) is 14.1. The Bertz CT molecular complexity index is 271. The van der Waals surface area contributed by atoms with Gasteiger partial charge in [0.25, 0.3) is 0 Å². The highest BCUT2D eigenvalue weighted by molar-refractivity contribution is 5.75. The van der Waals surface area contributed by atoms with Gasteiger partial charge in [-0.05, 0) is 71.8 Å². The van der Waals surface area contributed by atoms with Crippen molar-refractivity contribution >= 4 is 5.97 Å². The van der Waals surface area contributed by atoms with E-state index in [0.29, 0.717) is 0 Å². The first-order valence-corrected chi connectivity index (χ1v) is 7.51. The number of likely N-dealkylation sites (tertiary alicyclic amines) is 1. The van der Waals surface area contributed by atoms with E-state index >= 15 is 0 Å². The van der Waals surface area contributed by atoms with Gasteiger partial charge in [-0.1, -0.05) is 6.92 Å². The van der Waals surface area contributed by atoms with E-state index in [9.17, 15) is 4.79 Å². The third-order valence-corrected chi connectivity index (χ3v) is 4.18. The van der Waals surface area contributed by atoms with Gasteiger partial charge in [0.1, 0.15) is 0 Å². The Balaban J connectivity index is 2.24. The molecule has 0 amide bonds. The predicted molar refractivity (Wildman–Crippen MR) is 78.1 cm³/mol. The summed E-state index contributed by atoms with van der Waals surface area (Å²) in [7, 11) is 1.47. The van der Waals surface area contributed by atoms with E-state index in [-0.39, 0.29) is 11.4 Å². The monoisotopic (exact) mass is 270 g/mol. The fraction of sp³-hybridized carbons (Fsp3) is 0.933. The van der Waals surface area contributed by atoms with E-state index in [1.807, 2.05) is 13.8 Å². The highest BCUT2D eigenvalue weighted by Crippen LogP contribution is 2.24. The van der Waals surface area contributed by atoms with Crippen LogP contribution >= 0.6 is 0 Å². The number of esters is 1. The van der Waals surface area contributed by atoms with E-state index in [2.05, 4.69) is 17.1 Å². The van der Waals surface area contributed by atoms with Crippen LogP contribution in [0.15, 0.2) is 0 Å². The van der Waals surface area contributed by atoms with Crippen molar-refractivity contribution in [2.24, 2.45) is 11.3 Å². The van der Waals surface area contributed by atoms with Crippen LogP contribution < -0.4 is 5.32 Å². The Morgan fingerprint density at radius 3 is 2.53 bits per heavy atom. The van der Waals surface area contributed by atoms with Crippen molar-refractivity contribution in [3.05, 3.63) is 0 Å². The highest BCUT2D eigenvalue weighted by atomic mass is 16.5. The largest absolute Gasteiger partial charge is 0.469 e. The van der Waals surface area contributed by atoms with Gasteiger partial charge in [-0.3, -0.25) is 4.79 Å². The molecular weight excluding hydrogens is 240 g/mol.